The van der Waals surface area contributed by atoms with E-state index in [1.54, 1.807) is 29.7 Å². The number of carbonyl (C=O) groups is 2. The number of rotatable bonds is 4. The average Bonchev–Trinajstić information content (AvgIpc) is 3.12. The number of aliphatic carboxylic acids is 1. The fourth-order valence-electron chi connectivity index (χ4n) is 2.40. The second-order valence-corrected chi connectivity index (χ2v) is 6.00. The third kappa shape index (κ3) is 2.31. The molecule has 22 heavy (non-hydrogen) atoms. The minimum absolute atomic E-state index is 0.0413. The van der Waals surface area contributed by atoms with Gasteiger partial charge in [0.05, 0.1) is 15.9 Å². The molecule has 0 amide bonds. The van der Waals surface area contributed by atoms with E-state index in [0.717, 1.165) is 4.88 Å². The zero-order valence-electron chi connectivity index (χ0n) is 12.1. The zero-order chi connectivity index (χ0) is 15.9. The van der Waals surface area contributed by atoms with Gasteiger partial charge in [0.25, 0.3) is 0 Å². The van der Waals surface area contributed by atoms with Crippen LogP contribution in [0, 0.1) is 0 Å². The van der Waals surface area contributed by atoms with E-state index in [1.807, 2.05) is 17.5 Å². The number of carbonyl (C=O) groups excluding carboxylic acids is 1. The van der Waals surface area contributed by atoms with Crippen molar-refractivity contribution in [3.8, 4) is 10.7 Å². The molecule has 1 aromatic carbocycles. The first kappa shape index (κ1) is 14.5. The molecule has 0 spiro atoms. The van der Waals surface area contributed by atoms with Crippen LogP contribution in [0.1, 0.15) is 30.2 Å². The molecule has 0 aliphatic rings. The van der Waals surface area contributed by atoms with Crippen molar-refractivity contribution in [2.75, 3.05) is 0 Å². The molecule has 0 fully saturated rings. The highest BCUT2D eigenvalue weighted by Crippen LogP contribution is 2.31. The van der Waals surface area contributed by atoms with Gasteiger partial charge >= 0.3 is 5.97 Å². The van der Waals surface area contributed by atoms with Gasteiger partial charge in [-0.25, -0.2) is 9.78 Å². The number of fused-ring (bicyclic) bond motifs is 1. The summed E-state index contributed by atoms with van der Waals surface area (Å²) in [6.07, 6.45) is 0. The minimum Gasteiger partial charge on any atom is -0.480 e. The summed E-state index contributed by atoms with van der Waals surface area (Å²) >= 11 is 1.50. The Bertz CT molecular complexity index is 865. The quantitative estimate of drug-likeness (QED) is 0.747. The van der Waals surface area contributed by atoms with Crippen molar-refractivity contribution < 1.29 is 14.7 Å². The van der Waals surface area contributed by atoms with Crippen LogP contribution in [-0.2, 0) is 4.79 Å². The Balaban J connectivity index is 2.30. The molecule has 2 aromatic heterocycles. The number of imidazole rings is 1. The lowest BCUT2D eigenvalue weighted by molar-refractivity contribution is -0.140. The lowest BCUT2D eigenvalue weighted by Gasteiger charge is -2.12. The molecule has 0 aliphatic heterocycles. The third-order valence-corrected chi connectivity index (χ3v) is 4.45. The molecule has 0 saturated heterocycles. The van der Waals surface area contributed by atoms with Crippen LogP contribution in [0.25, 0.3) is 21.7 Å². The van der Waals surface area contributed by atoms with E-state index >= 15 is 0 Å². The van der Waals surface area contributed by atoms with Gasteiger partial charge in [0, 0.05) is 5.56 Å². The molecule has 3 rings (SSSR count). The van der Waals surface area contributed by atoms with Gasteiger partial charge in [-0.1, -0.05) is 6.07 Å². The number of thiophene rings is 1. The van der Waals surface area contributed by atoms with Crippen LogP contribution >= 0.6 is 11.3 Å². The van der Waals surface area contributed by atoms with Crippen LogP contribution in [0.15, 0.2) is 35.7 Å². The van der Waals surface area contributed by atoms with Crippen molar-refractivity contribution in [3.63, 3.8) is 0 Å². The maximum atomic E-state index is 11.5. The molecular weight excluding hydrogens is 300 g/mol. The predicted molar refractivity (Wildman–Crippen MR) is 85.4 cm³/mol. The van der Waals surface area contributed by atoms with Gasteiger partial charge in [-0.05, 0) is 43.5 Å². The van der Waals surface area contributed by atoms with Crippen LogP contribution in [0.3, 0.4) is 0 Å². The first-order valence-electron chi connectivity index (χ1n) is 6.78. The highest BCUT2D eigenvalue weighted by atomic mass is 32.1. The maximum absolute atomic E-state index is 11.5. The summed E-state index contributed by atoms with van der Waals surface area (Å²) in [7, 11) is 0. The minimum atomic E-state index is -0.923. The number of nitrogens with zero attached hydrogens (tertiary/aromatic N) is 2. The Morgan fingerprint density at radius 3 is 2.68 bits per heavy atom. The number of hydrogen-bond donors (Lipinski definition) is 1. The molecule has 5 nitrogen and oxygen atoms in total. The molecule has 0 aliphatic carbocycles. The van der Waals surface area contributed by atoms with Crippen molar-refractivity contribution in [2.45, 2.75) is 19.9 Å². The number of ketones is 1. The van der Waals surface area contributed by atoms with Gasteiger partial charge in [-0.2, -0.15) is 0 Å². The van der Waals surface area contributed by atoms with Gasteiger partial charge in [-0.3, -0.25) is 4.79 Å². The van der Waals surface area contributed by atoms with Crippen LogP contribution in [-0.4, -0.2) is 26.4 Å². The lowest BCUT2D eigenvalue weighted by atomic mass is 10.1. The smallest absolute Gasteiger partial charge is 0.326 e. The number of Topliss-reactive ketones (excluding diaryl/α,β-unsaturated/α-hetero) is 1. The molecule has 1 atom stereocenters. The molecule has 3 aromatic rings. The van der Waals surface area contributed by atoms with E-state index < -0.39 is 12.0 Å². The Morgan fingerprint density at radius 1 is 1.32 bits per heavy atom. The lowest BCUT2D eigenvalue weighted by Crippen LogP contribution is -2.16. The van der Waals surface area contributed by atoms with Gasteiger partial charge < -0.3 is 9.67 Å². The second kappa shape index (κ2) is 5.38. The van der Waals surface area contributed by atoms with E-state index in [0.29, 0.717) is 22.4 Å². The summed E-state index contributed by atoms with van der Waals surface area (Å²) in [6.45, 7) is 3.12. The Morgan fingerprint density at radius 2 is 2.09 bits per heavy atom. The van der Waals surface area contributed by atoms with Gasteiger partial charge in [0.2, 0.25) is 0 Å². The zero-order valence-corrected chi connectivity index (χ0v) is 12.9. The highest BCUT2D eigenvalue weighted by Gasteiger charge is 2.22. The number of carboxylic acids is 1. The van der Waals surface area contributed by atoms with E-state index in [-0.39, 0.29) is 5.78 Å². The van der Waals surface area contributed by atoms with E-state index in [2.05, 4.69) is 4.98 Å². The molecule has 0 saturated carbocycles. The number of carboxylic acid groups (broad SMARTS) is 1. The fraction of sp³-hybridized carbons (Fsp3) is 0.188. The average molecular weight is 314 g/mol. The van der Waals surface area contributed by atoms with Crippen LogP contribution in [0.4, 0.5) is 0 Å². The van der Waals surface area contributed by atoms with Crippen LogP contribution in [0.2, 0.25) is 0 Å². The number of hydrogen-bond acceptors (Lipinski definition) is 4. The molecule has 6 heteroatoms. The summed E-state index contributed by atoms with van der Waals surface area (Å²) in [5.41, 5.74) is 1.91. The van der Waals surface area contributed by atoms with Crippen molar-refractivity contribution in [1.82, 2.24) is 9.55 Å². The topological polar surface area (TPSA) is 72.2 Å². The fourth-order valence-corrected chi connectivity index (χ4v) is 3.11. The first-order valence-corrected chi connectivity index (χ1v) is 7.66. The summed E-state index contributed by atoms with van der Waals surface area (Å²) in [5.74, 6) is -0.353. The Labute approximate surface area is 130 Å². The van der Waals surface area contributed by atoms with Crippen LogP contribution in [0.5, 0.6) is 0 Å². The van der Waals surface area contributed by atoms with E-state index in [9.17, 15) is 14.7 Å². The standard InChI is InChI=1S/C16H14N2O3S/c1-9(16(20)21)18-13-6-5-11(10(2)19)8-12(13)17-15(18)14-4-3-7-22-14/h3-9H,1-2H3,(H,20,21). The SMILES string of the molecule is CC(=O)c1ccc2c(c1)nc(-c1cccs1)n2C(C)C(=O)O. The highest BCUT2D eigenvalue weighted by molar-refractivity contribution is 7.13. The molecular formula is C16H14N2O3S. The summed E-state index contributed by atoms with van der Waals surface area (Å²) in [4.78, 5) is 28.4. The normalized spacial score (nSPS) is 12.5. The van der Waals surface area contributed by atoms with Gasteiger partial charge in [-0.15, -0.1) is 11.3 Å². The van der Waals surface area contributed by atoms with E-state index in [1.165, 1.54) is 18.3 Å². The largest absolute Gasteiger partial charge is 0.480 e. The second-order valence-electron chi connectivity index (χ2n) is 5.06. The molecule has 112 valence electrons. The van der Waals surface area contributed by atoms with Gasteiger partial charge in [0.15, 0.2) is 11.6 Å². The maximum Gasteiger partial charge on any atom is 0.326 e. The number of benzene rings is 1. The monoisotopic (exact) mass is 314 g/mol. The first-order chi connectivity index (χ1) is 10.5. The Kier molecular flexibility index (Phi) is 3.54. The molecule has 1 N–H and O–H groups in total. The van der Waals surface area contributed by atoms with E-state index in [4.69, 9.17) is 0 Å². The molecule has 1 unspecified atom stereocenters. The molecule has 0 radical (unpaired) electrons. The van der Waals surface area contributed by atoms with Crippen molar-refractivity contribution in [2.24, 2.45) is 0 Å². The van der Waals surface area contributed by atoms with Gasteiger partial charge in [0.1, 0.15) is 6.04 Å². The van der Waals surface area contributed by atoms with Crippen molar-refractivity contribution >= 4 is 34.1 Å². The molecule has 2 heterocycles. The van der Waals surface area contributed by atoms with Crippen molar-refractivity contribution in [1.29, 1.82) is 0 Å². The third-order valence-electron chi connectivity index (χ3n) is 3.58. The van der Waals surface area contributed by atoms with Crippen LogP contribution < -0.4 is 0 Å². The summed E-state index contributed by atoms with van der Waals surface area (Å²) in [6, 6.07) is 8.23. The Hall–Kier alpha value is -2.47. The molecule has 0 bridgehead atoms. The summed E-state index contributed by atoms with van der Waals surface area (Å²) < 4.78 is 1.70. The number of aromatic nitrogens is 2. The van der Waals surface area contributed by atoms with Crippen molar-refractivity contribution in [3.05, 3.63) is 41.3 Å². The predicted octanol–water partition coefficient (Wildman–Crippen LogP) is 3.61. The summed E-state index contributed by atoms with van der Waals surface area (Å²) in [5, 5.41) is 11.3.